The van der Waals surface area contributed by atoms with Gasteiger partial charge in [-0.3, -0.25) is 0 Å². The van der Waals surface area contributed by atoms with Crippen LogP contribution >= 0.6 is 0 Å². The van der Waals surface area contributed by atoms with Crippen LogP contribution in [0, 0.1) is 28.1 Å². The number of aliphatic hydroxyl groups excluding tert-OH is 1. The second-order valence-electron chi connectivity index (χ2n) is 9.46. The van der Waals surface area contributed by atoms with Crippen LogP contribution in [0.4, 0.5) is 0 Å². The van der Waals surface area contributed by atoms with Crippen molar-refractivity contribution in [1.29, 1.82) is 0 Å². The first-order valence-electron chi connectivity index (χ1n) is 9.18. The SMILES string of the molecule is C=CC1=C(C)[C@@H](O)C[C@@H]2[C@@]3(C)CCCC(C)(C)[C@@H]3CC[C@@]12C. The molecule has 1 heteroatoms. The van der Waals surface area contributed by atoms with Crippen LogP contribution < -0.4 is 0 Å². The van der Waals surface area contributed by atoms with E-state index in [1.807, 2.05) is 6.08 Å². The first-order chi connectivity index (χ1) is 10.2. The molecule has 0 aromatic heterocycles. The molecule has 3 aliphatic rings. The molecule has 2 saturated carbocycles. The molecule has 3 aliphatic carbocycles. The zero-order chi connectivity index (χ0) is 16.3. The second kappa shape index (κ2) is 4.97. The van der Waals surface area contributed by atoms with Crippen LogP contribution in [-0.4, -0.2) is 11.2 Å². The molecule has 1 N–H and O–H groups in total. The van der Waals surface area contributed by atoms with Crippen LogP contribution in [0.2, 0.25) is 0 Å². The summed E-state index contributed by atoms with van der Waals surface area (Å²) in [5.41, 5.74) is 3.54. The van der Waals surface area contributed by atoms with Crippen molar-refractivity contribution in [3.05, 3.63) is 23.8 Å². The average Bonchev–Trinajstić information content (AvgIpc) is 2.41. The van der Waals surface area contributed by atoms with Crippen LogP contribution in [0.3, 0.4) is 0 Å². The van der Waals surface area contributed by atoms with Crippen molar-refractivity contribution in [1.82, 2.24) is 0 Å². The molecule has 3 rings (SSSR count). The van der Waals surface area contributed by atoms with Crippen molar-refractivity contribution < 1.29 is 5.11 Å². The highest BCUT2D eigenvalue weighted by molar-refractivity contribution is 5.37. The largest absolute Gasteiger partial charge is 0.389 e. The lowest BCUT2D eigenvalue weighted by molar-refractivity contribution is -0.132. The Balaban J connectivity index is 2.10. The summed E-state index contributed by atoms with van der Waals surface area (Å²) in [4.78, 5) is 0. The molecule has 0 unspecified atom stereocenters. The van der Waals surface area contributed by atoms with Gasteiger partial charge in [0.05, 0.1) is 6.10 Å². The van der Waals surface area contributed by atoms with E-state index in [0.29, 0.717) is 16.7 Å². The van der Waals surface area contributed by atoms with Crippen molar-refractivity contribution in [2.45, 2.75) is 79.2 Å². The van der Waals surface area contributed by atoms with Crippen molar-refractivity contribution in [2.24, 2.45) is 28.1 Å². The summed E-state index contributed by atoms with van der Waals surface area (Å²) in [5.74, 6) is 1.38. The van der Waals surface area contributed by atoms with Crippen molar-refractivity contribution in [2.75, 3.05) is 0 Å². The third kappa shape index (κ3) is 2.00. The van der Waals surface area contributed by atoms with Gasteiger partial charge < -0.3 is 5.11 Å². The van der Waals surface area contributed by atoms with E-state index < -0.39 is 0 Å². The quantitative estimate of drug-likeness (QED) is 0.678. The number of fused-ring (bicyclic) bond motifs is 3. The molecule has 0 aliphatic heterocycles. The summed E-state index contributed by atoms with van der Waals surface area (Å²) < 4.78 is 0. The number of allylic oxidation sites excluding steroid dienone is 2. The number of hydrogen-bond donors (Lipinski definition) is 1. The minimum Gasteiger partial charge on any atom is -0.389 e. The minimum absolute atomic E-state index is 0.212. The van der Waals surface area contributed by atoms with Crippen LogP contribution in [0.1, 0.15) is 73.1 Å². The van der Waals surface area contributed by atoms with E-state index in [9.17, 15) is 5.11 Å². The van der Waals surface area contributed by atoms with Gasteiger partial charge in [0, 0.05) is 0 Å². The third-order valence-electron chi connectivity index (χ3n) is 8.00. The maximum Gasteiger partial charge on any atom is 0.0756 e. The first-order valence-corrected chi connectivity index (χ1v) is 9.18. The van der Waals surface area contributed by atoms with Crippen molar-refractivity contribution in [3.8, 4) is 0 Å². The molecule has 5 atom stereocenters. The lowest BCUT2D eigenvalue weighted by Crippen LogP contribution is -2.57. The average molecular weight is 303 g/mol. The van der Waals surface area contributed by atoms with Crippen LogP contribution in [0.15, 0.2) is 23.8 Å². The summed E-state index contributed by atoms with van der Waals surface area (Å²) in [7, 11) is 0. The standard InChI is InChI=1S/C21H34O/c1-7-15-14(2)16(22)13-18-20(15,5)12-9-17-19(3,4)10-8-11-21(17,18)6/h7,16-18,22H,1,8-13H2,2-6H3/t16-,17-,18-,20-,21-/m0/s1. The molecule has 0 heterocycles. The van der Waals surface area contributed by atoms with Gasteiger partial charge in [0.25, 0.3) is 0 Å². The highest BCUT2D eigenvalue weighted by atomic mass is 16.3. The maximum atomic E-state index is 10.7. The fourth-order valence-electron chi connectivity index (χ4n) is 6.93. The highest BCUT2D eigenvalue weighted by Gasteiger charge is 2.60. The molecular formula is C21H34O. The summed E-state index contributed by atoms with van der Waals surface area (Å²) in [6.45, 7) is 16.2. The number of aliphatic hydroxyl groups is 1. The van der Waals surface area contributed by atoms with E-state index >= 15 is 0 Å². The lowest BCUT2D eigenvalue weighted by atomic mass is 9.40. The molecule has 124 valence electrons. The fourth-order valence-corrected chi connectivity index (χ4v) is 6.93. The van der Waals surface area contributed by atoms with Crippen LogP contribution in [0.25, 0.3) is 0 Å². The first kappa shape index (κ1) is 16.3. The van der Waals surface area contributed by atoms with Gasteiger partial charge in [-0.2, -0.15) is 0 Å². The predicted molar refractivity (Wildman–Crippen MR) is 93.6 cm³/mol. The Hall–Kier alpha value is -0.560. The van der Waals surface area contributed by atoms with Gasteiger partial charge in [-0.25, -0.2) is 0 Å². The van der Waals surface area contributed by atoms with Gasteiger partial charge in [-0.1, -0.05) is 46.8 Å². The van der Waals surface area contributed by atoms with Gasteiger partial charge in [0.1, 0.15) is 0 Å². The van der Waals surface area contributed by atoms with Gasteiger partial charge >= 0.3 is 0 Å². The zero-order valence-electron chi connectivity index (χ0n) is 15.2. The smallest absolute Gasteiger partial charge is 0.0756 e. The van der Waals surface area contributed by atoms with Crippen LogP contribution in [0.5, 0.6) is 0 Å². The summed E-state index contributed by atoms with van der Waals surface area (Å²) >= 11 is 0. The Morgan fingerprint density at radius 1 is 1.09 bits per heavy atom. The van der Waals surface area contributed by atoms with E-state index in [-0.39, 0.29) is 11.5 Å². The topological polar surface area (TPSA) is 20.2 Å². The summed E-state index contributed by atoms with van der Waals surface area (Å²) in [5, 5.41) is 10.7. The highest BCUT2D eigenvalue weighted by Crippen LogP contribution is 2.68. The Labute approximate surface area is 136 Å². The predicted octanol–water partition coefficient (Wildman–Crippen LogP) is 5.50. The molecule has 2 fully saturated rings. The summed E-state index contributed by atoms with van der Waals surface area (Å²) in [6, 6.07) is 0. The molecule has 1 nitrogen and oxygen atoms in total. The van der Waals surface area contributed by atoms with Gasteiger partial charge in [-0.05, 0) is 78.3 Å². The van der Waals surface area contributed by atoms with E-state index in [1.54, 1.807) is 0 Å². The fraction of sp³-hybridized carbons (Fsp3) is 0.810. The van der Waals surface area contributed by atoms with Gasteiger partial charge in [0.2, 0.25) is 0 Å². The Kier molecular flexibility index (Phi) is 3.68. The molecular weight excluding hydrogens is 268 g/mol. The van der Waals surface area contributed by atoms with E-state index in [4.69, 9.17) is 0 Å². The molecule has 0 bridgehead atoms. The Morgan fingerprint density at radius 3 is 2.41 bits per heavy atom. The van der Waals surface area contributed by atoms with Gasteiger partial charge in [0.15, 0.2) is 0 Å². The molecule has 0 radical (unpaired) electrons. The van der Waals surface area contributed by atoms with E-state index in [1.165, 1.54) is 43.3 Å². The Bertz CT molecular complexity index is 514. The van der Waals surface area contributed by atoms with E-state index in [2.05, 4.69) is 41.2 Å². The second-order valence-corrected chi connectivity index (χ2v) is 9.46. The normalized spacial score (nSPS) is 47.6. The van der Waals surface area contributed by atoms with Crippen molar-refractivity contribution in [3.63, 3.8) is 0 Å². The Morgan fingerprint density at radius 2 is 1.77 bits per heavy atom. The monoisotopic (exact) mass is 302 g/mol. The minimum atomic E-state index is -0.272. The van der Waals surface area contributed by atoms with E-state index in [0.717, 1.165) is 12.3 Å². The maximum absolute atomic E-state index is 10.7. The van der Waals surface area contributed by atoms with Crippen molar-refractivity contribution >= 4 is 0 Å². The molecule has 0 aromatic carbocycles. The molecule has 0 amide bonds. The molecule has 0 saturated heterocycles. The molecule has 0 spiro atoms. The molecule has 22 heavy (non-hydrogen) atoms. The number of rotatable bonds is 1. The lowest BCUT2D eigenvalue weighted by Gasteiger charge is -2.64. The zero-order valence-corrected chi connectivity index (χ0v) is 15.2. The van der Waals surface area contributed by atoms with Gasteiger partial charge in [-0.15, -0.1) is 0 Å². The van der Waals surface area contributed by atoms with Crippen LogP contribution in [-0.2, 0) is 0 Å². The molecule has 0 aromatic rings. The third-order valence-corrected chi connectivity index (χ3v) is 8.00. The summed E-state index contributed by atoms with van der Waals surface area (Å²) in [6.07, 6.45) is 9.34. The number of hydrogen-bond acceptors (Lipinski definition) is 1.